The van der Waals surface area contributed by atoms with Crippen molar-refractivity contribution in [3.63, 3.8) is 0 Å². The number of aromatic nitrogens is 2. The highest BCUT2D eigenvalue weighted by Gasteiger charge is 2.38. The molecule has 0 N–H and O–H groups in total. The molecule has 0 saturated heterocycles. The lowest BCUT2D eigenvalue weighted by Gasteiger charge is -2.05. The van der Waals surface area contributed by atoms with Gasteiger partial charge in [0.15, 0.2) is 0 Å². The van der Waals surface area contributed by atoms with E-state index in [2.05, 4.69) is 9.97 Å². The van der Waals surface area contributed by atoms with E-state index >= 15 is 0 Å². The zero-order valence-corrected chi connectivity index (χ0v) is 10.8. The van der Waals surface area contributed by atoms with Gasteiger partial charge in [-0.1, -0.05) is 12.1 Å². The first-order valence-corrected chi connectivity index (χ1v) is 6.11. The van der Waals surface area contributed by atoms with E-state index in [0.29, 0.717) is 11.1 Å². The average Bonchev–Trinajstić information content (AvgIpc) is 2.77. The molecule has 3 rings (SSSR count). The minimum atomic E-state index is -4.70. The van der Waals surface area contributed by atoms with Gasteiger partial charge in [-0.3, -0.25) is 4.79 Å². The van der Waals surface area contributed by atoms with Crippen LogP contribution in [0.5, 0.6) is 0 Å². The highest BCUT2D eigenvalue weighted by molar-refractivity contribution is 6.20. The molecule has 1 aromatic carbocycles. The molecule has 1 aliphatic rings. The molecule has 0 atom stereocenters. The predicted octanol–water partition coefficient (Wildman–Crippen LogP) is 3.24. The maximum atomic E-state index is 12.6. The zero-order chi connectivity index (χ0) is 15.9. The van der Waals surface area contributed by atoms with Crippen LogP contribution >= 0.6 is 0 Å². The summed E-state index contributed by atoms with van der Waals surface area (Å²) in [7, 11) is 0. The molecule has 2 aromatic rings. The molecule has 7 heteroatoms. The van der Waals surface area contributed by atoms with E-state index in [1.165, 1.54) is 18.2 Å². The van der Waals surface area contributed by atoms with Crippen LogP contribution in [0.1, 0.15) is 27.4 Å². The Morgan fingerprint density at radius 3 is 2.64 bits per heavy atom. The van der Waals surface area contributed by atoms with E-state index in [0.717, 1.165) is 6.20 Å². The van der Waals surface area contributed by atoms with Crippen molar-refractivity contribution < 1.29 is 18.0 Å². The molecule has 22 heavy (non-hydrogen) atoms. The van der Waals surface area contributed by atoms with Crippen LogP contribution in [0.4, 0.5) is 13.2 Å². The molecule has 108 valence electrons. The Bertz CT molecular complexity index is 863. The lowest BCUT2D eigenvalue weighted by molar-refractivity contribution is -0.145. The van der Waals surface area contributed by atoms with Crippen LogP contribution in [0.15, 0.2) is 30.5 Å². The van der Waals surface area contributed by atoms with E-state index in [-0.39, 0.29) is 16.8 Å². The number of nitriles is 1. The van der Waals surface area contributed by atoms with Gasteiger partial charge in [-0.2, -0.15) is 18.4 Å². The van der Waals surface area contributed by atoms with Crippen molar-refractivity contribution in [2.24, 2.45) is 0 Å². The van der Waals surface area contributed by atoms with Crippen molar-refractivity contribution in [1.29, 1.82) is 5.26 Å². The van der Waals surface area contributed by atoms with Gasteiger partial charge in [0.25, 0.3) is 0 Å². The minimum Gasteiger partial charge on any atom is -0.287 e. The van der Waals surface area contributed by atoms with Gasteiger partial charge in [-0.15, -0.1) is 0 Å². The molecule has 4 nitrogen and oxygen atoms in total. The van der Waals surface area contributed by atoms with Gasteiger partial charge >= 0.3 is 6.18 Å². The number of nitrogens with zero attached hydrogens (tertiary/aromatic N) is 3. The van der Waals surface area contributed by atoms with E-state index < -0.39 is 17.8 Å². The fourth-order valence-corrected chi connectivity index (χ4v) is 2.24. The fraction of sp³-hybridized carbons (Fsp3) is 0.0667. The number of hydrogen-bond donors (Lipinski definition) is 0. The second kappa shape index (κ2) is 4.77. The third kappa shape index (κ3) is 2.15. The van der Waals surface area contributed by atoms with E-state index in [1.807, 2.05) is 6.07 Å². The molecule has 0 saturated carbocycles. The summed E-state index contributed by atoms with van der Waals surface area (Å²) in [6.45, 7) is 0. The standard InChI is InChI=1S/C15H6F3N3O/c16-15(17,18)14-20-7-11-9-4-3-8(2-1-5-19)6-10(9)13(22)12(11)21-14/h1-4,6-7H/b2-1+. The van der Waals surface area contributed by atoms with E-state index in [4.69, 9.17) is 5.26 Å². The van der Waals surface area contributed by atoms with Crippen molar-refractivity contribution >= 4 is 11.9 Å². The summed E-state index contributed by atoms with van der Waals surface area (Å²) in [6, 6.07) is 6.60. The Kier molecular flexibility index (Phi) is 3.03. The van der Waals surface area contributed by atoms with E-state index in [9.17, 15) is 18.0 Å². The second-order valence-corrected chi connectivity index (χ2v) is 4.55. The Morgan fingerprint density at radius 2 is 1.95 bits per heavy atom. The predicted molar refractivity (Wildman–Crippen MR) is 70.5 cm³/mol. The zero-order valence-electron chi connectivity index (χ0n) is 10.8. The normalized spacial score (nSPS) is 13.1. The summed E-state index contributed by atoms with van der Waals surface area (Å²) < 4.78 is 37.9. The number of carbonyl (C=O) groups is 1. The molecule has 0 radical (unpaired) electrons. The highest BCUT2D eigenvalue weighted by atomic mass is 19.4. The molecule has 0 amide bonds. The number of fused-ring (bicyclic) bond motifs is 3. The van der Waals surface area contributed by atoms with Crippen LogP contribution in [0, 0.1) is 11.3 Å². The monoisotopic (exact) mass is 301 g/mol. The Balaban J connectivity index is 2.12. The van der Waals surface area contributed by atoms with Gasteiger partial charge in [-0.25, -0.2) is 9.97 Å². The van der Waals surface area contributed by atoms with Gasteiger partial charge in [0.1, 0.15) is 5.69 Å². The van der Waals surface area contributed by atoms with Crippen molar-refractivity contribution in [3.8, 4) is 17.2 Å². The molecule has 0 bridgehead atoms. The van der Waals surface area contributed by atoms with Crippen molar-refractivity contribution in [3.05, 3.63) is 53.1 Å². The topological polar surface area (TPSA) is 66.6 Å². The number of carbonyl (C=O) groups excluding carboxylic acids is 1. The molecule has 0 fully saturated rings. The first-order chi connectivity index (χ1) is 10.4. The molecular weight excluding hydrogens is 295 g/mol. The summed E-state index contributed by atoms with van der Waals surface area (Å²) in [5.74, 6) is -1.91. The third-order valence-corrected chi connectivity index (χ3v) is 3.19. The molecule has 1 aliphatic carbocycles. The summed E-state index contributed by atoms with van der Waals surface area (Å²) in [5.41, 5.74) is 1.37. The van der Waals surface area contributed by atoms with Gasteiger partial charge in [0, 0.05) is 23.4 Å². The van der Waals surface area contributed by atoms with Crippen molar-refractivity contribution in [2.75, 3.05) is 0 Å². The maximum absolute atomic E-state index is 12.6. The summed E-state index contributed by atoms with van der Waals surface area (Å²) >= 11 is 0. The van der Waals surface area contributed by atoms with Gasteiger partial charge in [-0.05, 0) is 23.3 Å². The molecular formula is C15H6F3N3O. The molecule has 0 spiro atoms. The molecule has 0 aliphatic heterocycles. The summed E-state index contributed by atoms with van der Waals surface area (Å²) in [4.78, 5) is 18.9. The van der Waals surface area contributed by atoms with Crippen LogP contribution in [0.2, 0.25) is 0 Å². The number of hydrogen-bond acceptors (Lipinski definition) is 4. The number of allylic oxidation sites excluding steroid dienone is 1. The number of halogens is 3. The molecule has 1 heterocycles. The van der Waals surface area contributed by atoms with Crippen molar-refractivity contribution in [2.45, 2.75) is 6.18 Å². The molecule has 0 unspecified atom stereocenters. The third-order valence-electron chi connectivity index (χ3n) is 3.19. The highest BCUT2D eigenvalue weighted by Crippen LogP contribution is 2.37. The SMILES string of the molecule is N#C/C=C/c1ccc2c(c1)C(=O)c1nc(C(F)(F)F)ncc1-2. The quantitative estimate of drug-likeness (QED) is 0.647. The Labute approximate surface area is 122 Å². The molecule has 1 aromatic heterocycles. The van der Waals surface area contributed by atoms with E-state index in [1.54, 1.807) is 12.1 Å². The Morgan fingerprint density at radius 1 is 1.18 bits per heavy atom. The van der Waals surface area contributed by atoms with Gasteiger partial charge in [0.2, 0.25) is 11.6 Å². The van der Waals surface area contributed by atoms with Crippen LogP contribution < -0.4 is 0 Å². The van der Waals surface area contributed by atoms with Crippen LogP contribution in [0.3, 0.4) is 0 Å². The van der Waals surface area contributed by atoms with Crippen LogP contribution in [0.25, 0.3) is 17.2 Å². The second-order valence-electron chi connectivity index (χ2n) is 4.55. The first-order valence-electron chi connectivity index (χ1n) is 6.11. The van der Waals surface area contributed by atoms with Crippen LogP contribution in [-0.2, 0) is 6.18 Å². The smallest absolute Gasteiger partial charge is 0.287 e. The fourth-order valence-electron chi connectivity index (χ4n) is 2.24. The van der Waals surface area contributed by atoms with Gasteiger partial charge in [0.05, 0.1) is 6.07 Å². The Hall–Kier alpha value is -3.01. The number of ketones is 1. The summed E-state index contributed by atoms with van der Waals surface area (Å²) in [6.07, 6.45) is -0.941. The lowest BCUT2D eigenvalue weighted by Crippen LogP contribution is -2.13. The number of benzene rings is 1. The number of rotatable bonds is 1. The first kappa shape index (κ1) is 13.9. The minimum absolute atomic E-state index is 0.251. The maximum Gasteiger partial charge on any atom is 0.451 e. The largest absolute Gasteiger partial charge is 0.451 e. The van der Waals surface area contributed by atoms with Gasteiger partial charge < -0.3 is 0 Å². The van der Waals surface area contributed by atoms with Crippen molar-refractivity contribution in [1.82, 2.24) is 9.97 Å². The summed E-state index contributed by atoms with van der Waals surface area (Å²) in [5, 5.41) is 8.49. The number of alkyl halides is 3. The van der Waals surface area contributed by atoms with Crippen LogP contribution in [-0.4, -0.2) is 15.8 Å². The average molecular weight is 301 g/mol. The lowest BCUT2D eigenvalue weighted by atomic mass is 10.0.